The topological polar surface area (TPSA) is 104 Å². The summed E-state index contributed by atoms with van der Waals surface area (Å²) < 4.78 is 0. The molecule has 0 radical (unpaired) electrons. The van der Waals surface area contributed by atoms with E-state index in [9.17, 15) is 19.8 Å². The highest BCUT2D eigenvalue weighted by Crippen LogP contribution is 2.45. The Morgan fingerprint density at radius 3 is 2.48 bits per heavy atom. The van der Waals surface area contributed by atoms with Crippen molar-refractivity contribution in [1.82, 2.24) is 4.90 Å². The molecule has 1 saturated heterocycles. The molecule has 0 spiro atoms. The molecule has 6 nitrogen and oxygen atoms in total. The van der Waals surface area contributed by atoms with Crippen molar-refractivity contribution >= 4 is 11.9 Å². The molecule has 1 aliphatic carbocycles. The number of carboxylic acid groups (broad SMARTS) is 1. The number of aliphatic carboxylic acids is 1. The number of carbonyl (C=O) groups excluding carboxylic acids is 1. The van der Waals surface area contributed by atoms with Crippen LogP contribution in [0.25, 0.3) is 0 Å². The van der Waals surface area contributed by atoms with Gasteiger partial charge in [-0.1, -0.05) is 20.8 Å². The second kappa shape index (κ2) is 5.57. The average Bonchev–Trinajstić information content (AvgIpc) is 2.78. The lowest BCUT2D eigenvalue weighted by Gasteiger charge is -2.47. The normalized spacial score (nSPS) is 39.3. The Morgan fingerprint density at radius 1 is 1.29 bits per heavy atom. The minimum absolute atomic E-state index is 0.0727. The zero-order chi connectivity index (χ0) is 15.9. The number of aliphatic hydroxyl groups is 1. The van der Waals surface area contributed by atoms with Gasteiger partial charge in [-0.2, -0.15) is 0 Å². The molecular formula is C15H26N2O4. The smallest absolute Gasteiger partial charge is 0.326 e. The molecule has 1 aliphatic heterocycles. The van der Waals surface area contributed by atoms with E-state index in [0.717, 1.165) is 6.42 Å². The minimum Gasteiger partial charge on any atom is -0.480 e. The molecule has 1 heterocycles. The average molecular weight is 298 g/mol. The summed E-state index contributed by atoms with van der Waals surface area (Å²) in [6, 6.07) is -0.835. The fourth-order valence-corrected chi connectivity index (χ4v) is 3.78. The summed E-state index contributed by atoms with van der Waals surface area (Å²) in [6.07, 6.45) is 0.816. The van der Waals surface area contributed by atoms with Crippen molar-refractivity contribution in [3.05, 3.63) is 0 Å². The summed E-state index contributed by atoms with van der Waals surface area (Å²) >= 11 is 0. The Labute approximate surface area is 125 Å². The van der Waals surface area contributed by atoms with Gasteiger partial charge in [0.25, 0.3) is 0 Å². The van der Waals surface area contributed by atoms with Crippen molar-refractivity contribution in [1.29, 1.82) is 0 Å². The molecule has 4 N–H and O–H groups in total. The van der Waals surface area contributed by atoms with Gasteiger partial charge in [0.1, 0.15) is 6.04 Å². The molecule has 21 heavy (non-hydrogen) atoms. The molecule has 6 heteroatoms. The zero-order valence-corrected chi connectivity index (χ0v) is 13.0. The molecule has 0 bridgehead atoms. The number of carboxylic acids is 1. The monoisotopic (exact) mass is 298 g/mol. The SMILES string of the molecule is CC1C(N)CCC(C(=O)N2C[C@H](O)C[C@@H]2C(=O)O)C1(C)C. The van der Waals surface area contributed by atoms with Gasteiger partial charge in [-0.05, 0) is 24.2 Å². The largest absolute Gasteiger partial charge is 0.480 e. The van der Waals surface area contributed by atoms with Crippen molar-refractivity contribution in [2.24, 2.45) is 23.0 Å². The lowest BCUT2D eigenvalue weighted by atomic mass is 9.60. The fourth-order valence-electron chi connectivity index (χ4n) is 3.78. The van der Waals surface area contributed by atoms with Crippen molar-refractivity contribution in [2.45, 2.75) is 58.2 Å². The fraction of sp³-hybridized carbons (Fsp3) is 0.867. The van der Waals surface area contributed by atoms with Gasteiger partial charge in [0.2, 0.25) is 5.91 Å². The minimum atomic E-state index is -1.04. The van der Waals surface area contributed by atoms with Crippen LogP contribution in [-0.4, -0.2) is 51.7 Å². The summed E-state index contributed by atoms with van der Waals surface area (Å²) in [5.41, 5.74) is 5.84. The molecule has 0 aromatic heterocycles. The first-order valence-corrected chi connectivity index (χ1v) is 7.63. The van der Waals surface area contributed by atoms with Gasteiger partial charge in [0.15, 0.2) is 0 Å². The van der Waals surface area contributed by atoms with Gasteiger partial charge >= 0.3 is 5.97 Å². The third-order valence-electron chi connectivity index (χ3n) is 5.65. The number of nitrogens with zero attached hydrogens (tertiary/aromatic N) is 1. The van der Waals surface area contributed by atoms with Crippen LogP contribution in [0.15, 0.2) is 0 Å². The molecule has 3 unspecified atom stereocenters. The zero-order valence-electron chi connectivity index (χ0n) is 13.0. The van der Waals surface area contributed by atoms with Gasteiger partial charge in [0.05, 0.1) is 6.10 Å². The van der Waals surface area contributed by atoms with E-state index in [4.69, 9.17) is 5.73 Å². The van der Waals surface area contributed by atoms with Gasteiger partial charge in [-0.15, -0.1) is 0 Å². The van der Waals surface area contributed by atoms with Crippen LogP contribution in [-0.2, 0) is 9.59 Å². The lowest BCUT2D eigenvalue weighted by molar-refractivity contribution is -0.154. The highest BCUT2D eigenvalue weighted by molar-refractivity contribution is 5.86. The number of β-amino-alcohol motifs (C(OH)–C–C–N with tert-alkyl or cyclic N) is 1. The first kappa shape index (κ1) is 16.2. The maximum Gasteiger partial charge on any atom is 0.326 e. The maximum atomic E-state index is 12.8. The van der Waals surface area contributed by atoms with E-state index in [0.29, 0.717) is 6.42 Å². The second-order valence-corrected chi connectivity index (χ2v) is 7.14. The van der Waals surface area contributed by atoms with Crippen LogP contribution in [0.1, 0.15) is 40.0 Å². The maximum absolute atomic E-state index is 12.8. The molecule has 2 aliphatic rings. The van der Waals surface area contributed by atoms with Crippen molar-refractivity contribution in [3.63, 3.8) is 0 Å². The van der Waals surface area contributed by atoms with Gasteiger partial charge < -0.3 is 20.8 Å². The van der Waals surface area contributed by atoms with Crippen LogP contribution in [0.5, 0.6) is 0 Å². The second-order valence-electron chi connectivity index (χ2n) is 7.14. The number of amides is 1. The first-order chi connectivity index (χ1) is 9.66. The standard InChI is InChI=1S/C15H26N2O4/c1-8-11(16)5-4-10(15(8,2)3)13(19)17-7-9(18)6-12(17)14(20)21/h8-12,18H,4-7,16H2,1-3H3,(H,20,21)/t8?,9-,10?,11?,12-/m1/s1. The number of rotatable bonds is 2. The third-order valence-corrected chi connectivity index (χ3v) is 5.65. The Kier molecular flexibility index (Phi) is 4.31. The van der Waals surface area contributed by atoms with Gasteiger partial charge in [-0.3, -0.25) is 4.79 Å². The molecule has 120 valence electrons. The van der Waals surface area contributed by atoms with Crippen LogP contribution >= 0.6 is 0 Å². The number of hydrogen-bond donors (Lipinski definition) is 3. The molecule has 1 amide bonds. The van der Waals surface area contributed by atoms with Crippen LogP contribution in [0.4, 0.5) is 0 Å². The number of hydrogen-bond acceptors (Lipinski definition) is 4. The number of carbonyl (C=O) groups is 2. The van der Waals surface area contributed by atoms with E-state index in [-0.39, 0.29) is 42.2 Å². The predicted molar refractivity (Wildman–Crippen MR) is 77.4 cm³/mol. The summed E-state index contributed by atoms with van der Waals surface area (Å²) in [5.74, 6) is -1.24. The highest BCUT2D eigenvalue weighted by Gasteiger charge is 2.49. The van der Waals surface area contributed by atoms with Crippen LogP contribution in [0, 0.1) is 17.3 Å². The summed E-state index contributed by atoms with van der Waals surface area (Å²) in [6.45, 7) is 6.23. The number of aliphatic hydroxyl groups excluding tert-OH is 1. The van der Waals surface area contributed by atoms with E-state index in [1.54, 1.807) is 0 Å². The molecule has 1 saturated carbocycles. The highest BCUT2D eigenvalue weighted by atomic mass is 16.4. The van der Waals surface area contributed by atoms with E-state index < -0.39 is 18.1 Å². The molecule has 0 aromatic rings. The molecule has 2 rings (SSSR count). The Morgan fingerprint density at radius 2 is 1.90 bits per heavy atom. The molecular weight excluding hydrogens is 272 g/mol. The molecule has 0 aromatic carbocycles. The third kappa shape index (κ3) is 2.79. The Bertz CT molecular complexity index is 437. The predicted octanol–water partition coefficient (Wildman–Crippen LogP) is 0.432. The Hall–Kier alpha value is -1.14. The number of likely N-dealkylation sites (tertiary alicyclic amines) is 1. The van der Waals surface area contributed by atoms with Gasteiger partial charge in [-0.25, -0.2) is 4.79 Å². The summed E-state index contributed by atoms with van der Waals surface area (Å²) in [5, 5.41) is 19.0. The summed E-state index contributed by atoms with van der Waals surface area (Å²) in [7, 11) is 0. The van der Waals surface area contributed by atoms with E-state index in [2.05, 4.69) is 6.92 Å². The Balaban J connectivity index is 2.21. The van der Waals surface area contributed by atoms with E-state index in [1.807, 2.05) is 13.8 Å². The lowest BCUT2D eigenvalue weighted by Crippen LogP contribution is -2.54. The molecule has 2 fully saturated rings. The summed E-state index contributed by atoms with van der Waals surface area (Å²) in [4.78, 5) is 25.5. The van der Waals surface area contributed by atoms with Crippen LogP contribution < -0.4 is 5.73 Å². The van der Waals surface area contributed by atoms with Crippen molar-refractivity contribution in [2.75, 3.05) is 6.54 Å². The van der Waals surface area contributed by atoms with Crippen molar-refractivity contribution in [3.8, 4) is 0 Å². The number of nitrogens with two attached hydrogens (primary N) is 1. The van der Waals surface area contributed by atoms with Crippen LogP contribution in [0.3, 0.4) is 0 Å². The van der Waals surface area contributed by atoms with Gasteiger partial charge in [0, 0.05) is 24.9 Å². The first-order valence-electron chi connectivity index (χ1n) is 7.63. The van der Waals surface area contributed by atoms with Crippen molar-refractivity contribution < 1.29 is 19.8 Å². The quantitative estimate of drug-likeness (QED) is 0.686. The van der Waals surface area contributed by atoms with E-state index in [1.165, 1.54) is 4.90 Å². The molecule has 5 atom stereocenters. The van der Waals surface area contributed by atoms with Crippen LogP contribution in [0.2, 0.25) is 0 Å². The van der Waals surface area contributed by atoms with E-state index >= 15 is 0 Å².